The number of carbonyl (C=O) groups excluding carboxylic acids is 1. The van der Waals surface area contributed by atoms with Crippen LogP contribution in [0.25, 0.3) is 0 Å². The molecule has 0 spiro atoms. The molecule has 1 aromatic rings. The van der Waals surface area contributed by atoms with Gasteiger partial charge in [0.1, 0.15) is 5.75 Å². The van der Waals surface area contributed by atoms with Gasteiger partial charge in [0.15, 0.2) is 5.78 Å². The summed E-state index contributed by atoms with van der Waals surface area (Å²) in [6.45, 7) is 6.91. The van der Waals surface area contributed by atoms with Crippen LogP contribution in [0.1, 0.15) is 36.2 Å². The summed E-state index contributed by atoms with van der Waals surface area (Å²) in [5, 5.41) is 0. The van der Waals surface area contributed by atoms with Crippen LogP contribution in [0.4, 0.5) is 0 Å². The van der Waals surface area contributed by atoms with Crippen molar-refractivity contribution in [1.82, 2.24) is 4.90 Å². The van der Waals surface area contributed by atoms with Gasteiger partial charge in [0.2, 0.25) is 0 Å². The number of ketones is 1. The molecule has 1 heterocycles. The van der Waals surface area contributed by atoms with Gasteiger partial charge < -0.3 is 10.5 Å². The molecule has 2 N–H and O–H groups in total. The number of rotatable bonds is 5. The highest BCUT2D eigenvalue weighted by Crippen LogP contribution is 2.24. The second-order valence-electron chi connectivity index (χ2n) is 5.10. The highest BCUT2D eigenvalue weighted by molar-refractivity contribution is 5.94. The molecule has 1 saturated heterocycles. The average Bonchev–Trinajstić information content (AvgIpc) is 2.77. The van der Waals surface area contributed by atoms with Crippen molar-refractivity contribution in [3.05, 3.63) is 29.3 Å². The minimum Gasteiger partial charge on any atom is -0.494 e. The molecule has 4 nitrogen and oxygen atoms in total. The first-order valence-electron chi connectivity index (χ1n) is 6.84. The summed E-state index contributed by atoms with van der Waals surface area (Å²) < 4.78 is 5.64. The molecule has 1 unspecified atom stereocenters. The molecule has 1 aromatic carbocycles. The van der Waals surface area contributed by atoms with Crippen molar-refractivity contribution in [1.29, 1.82) is 0 Å². The number of hydrogen-bond donors (Lipinski definition) is 1. The lowest BCUT2D eigenvalue weighted by Gasteiger charge is -2.18. The third-order valence-electron chi connectivity index (χ3n) is 3.47. The van der Waals surface area contributed by atoms with Crippen LogP contribution in [-0.4, -0.2) is 36.4 Å². The number of benzene rings is 1. The van der Waals surface area contributed by atoms with E-state index in [1.807, 2.05) is 25.1 Å². The van der Waals surface area contributed by atoms with Gasteiger partial charge in [0.25, 0.3) is 0 Å². The van der Waals surface area contributed by atoms with Crippen LogP contribution in [0.3, 0.4) is 0 Å². The number of hydrogen-bond acceptors (Lipinski definition) is 4. The fourth-order valence-corrected chi connectivity index (χ4v) is 2.47. The Hall–Kier alpha value is -1.10. The molecule has 0 amide bonds. The molecule has 0 bridgehead atoms. The van der Waals surface area contributed by atoms with Crippen LogP contribution < -0.4 is 10.5 Å². The summed E-state index contributed by atoms with van der Waals surface area (Å²) in [5.74, 6) is 0.954. The SMILES string of the molecule is CCOc1ccc(C(C)=O)cc1CN1CCC(N)C1.Cl. The average molecular weight is 299 g/mol. The molecule has 0 aromatic heterocycles. The Morgan fingerprint density at radius 2 is 2.25 bits per heavy atom. The zero-order valence-electron chi connectivity index (χ0n) is 12.1. The van der Waals surface area contributed by atoms with Gasteiger partial charge in [-0.1, -0.05) is 0 Å². The van der Waals surface area contributed by atoms with E-state index in [0.717, 1.165) is 42.9 Å². The predicted octanol–water partition coefficient (Wildman–Crippen LogP) is 2.24. The maximum Gasteiger partial charge on any atom is 0.159 e. The van der Waals surface area contributed by atoms with Crippen LogP contribution in [-0.2, 0) is 6.54 Å². The minimum atomic E-state index is 0. The van der Waals surface area contributed by atoms with Gasteiger partial charge in [-0.15, -0.1) is 12.4 Å². The summed E-state index contributed by atoms with van der Waals surface area (Å²) in [7, 11) is 0. The van der Waals surface area contributed by atoms with Crippen LogP contribution in [0.2, 0.25) is 0 Å². The molecule has 2 rings (SSSR count). The molecule has 20 heavy (non-hydrogen) atoms. The third-order valence-corrected chi connectivity index (χ3v) is 3.47. The summed E-state index contributed by atoms with van der Waals surface area (Å²) >= 11 is 0. The van der Waals surface area contributed by atoms with Crippen molar-refractivity contribution in [2.24, 2.45) is 5.73 Å². The van der Waals surface area contributed by atoms with Crippen molar-refractivity contribution < 1.29 is 9.53 Å². The van der Waals surface area contributed by atoms with Crippen molar-refractivity contribution in [2.45, 2.75) is 32.9 Å². The molecule has 5 heteroatoms. The van der Waals surface area contributed by atoms with E-state index in [-0.39, 0.29) is 24.2 Å². The van der Waals surface area contributed by atoms with E-state index in [9.17, 15) is 4.79 Å². The highest BCUT2D eigenvalue weighted by atomic mass is 35.5. The first-order valence-corrected chi connectivity index (χ1v) is 6.84. The quantitative estimate of drug-likeness (QED) is 0.847. The predicted molar refractivity (Wildman–Crippen MR) is 82.7 cm³/mol. The maximum atomic E-state index is 11.5. The molecule has 0 aliphatic carbocycles. The van der Waals surface area contributed by atoms with Crippen LogP contribution >= 0.6 is 12.4 Å². The minimum absolute atomic E-state index is 0. The van der Waals surface area contributed by atoms with Gasteiger partial charge in [-0.25, -0.2) is 0 Å². The standard InChI is InChI=1S/C15H22N2O2.ClH/c1-3-19-15-5-4-12(11(2)18)8-13(15)9-17-7-6-14(16)10-17;/h4-5,8,14H,3,6-7,9-10,16H2,1-2H3;1H. The highest BCUT2D eigenvalue weighted by Gasteiger charge is 2.20. The molecule has 1 atom stereocenters. The summed E-state index contributed by atoms with van der Waals surface area (Å²) in [5.41, 5.74) is 7.74. The van der Waals surface area contributed by atoms with Crippen molar-refractivity contribution >= 4 is 18.2 Å². The smallest absolute Gasteiger partial charge is 0.159 e. The molecule has 1 aliphatic rings. The van der Waals surface area contributed by atoms with E-state index in [4.69, 9.17) is 10.5 Å². The number of Topliss-reactive ketones (excluding diaryl/α,β-unsaturated/α-hetero) is 1. The number of nitrogens with zero attached hydrogens (tertiary/aromatic N) is 1. The van der Waals surface area contributed by atoms with E-state index < -0.39 is 0 Å². The first kappa shape index (κ1) is 17.0. The Labute approximate surface area is 126 Å². The Morgan fingerprint density at radius 1 is 1.50 bits per heavy atom. The van der Waals surface area contributed by atoms with Crippen LogP contribution in [0, 0.1) is 0 Å². The lowest BCUT2D eigenvalue weighted by Crippen LogP contribution is -2.26. The van der Waals surface area contributed by atoms with Gasteiger partial charge in [0.05, 0.1) is 6.61 Å². The second kappa shape index (κ2) is 7.62. The maximum absolute atomic E-state index is 11.5. The molecule has 1 aliphatic heterocycles. The Bertz CT molecular complexity index is 465. The van der Waals surface area contributed by atoms with E-state index >= 15 is 0 Å². The number of likely N-dealkylation sites (tertiary alicyclic amines) is 1. The second-order valence-corrected chi connectivity index (χ2v) is 5.10. The lowest BCUT2D eigenvalue weighted by atomic mass is 10.1. The van der Waals surface area contributed by atoms with E-state index in [1.165, 1.54) is 0 Å². The van der Waals surface area contributed by atoms with E-state index in [1.54, 1.807) is 6.92 Å². The molecular formula is C15H23ClN2O2. The van der Waals surface area contributed by atoms with Gasteiger partial charge in [-0.2, -0.15) is 0 Å². The normalized spacial score (nSPS) is 18.6. The Balaban J connectivity index is 0.00000200. The summed E-state index contributed by atoms with van der Waals surface area (Å²) in [6.07, 6.45) is 1.04. The third kappa shape index (κ3) is 4.20. The number of halogens is 1. The van der Waals surface area contributed by atoms with Crippen molar-refractivity contribution in [3.63, 3.8) is 0 Å². The lowest BCUT2D eigenvalue weighted by molar-refractivity contribution is 0.101. The van der Waals surface area contributed by atoms with Gasteiger partial charge >= 0.3 is 0 Å². The van der Waals surface area contributed by atoms with Gasteiger partial charge in [-0.3, -0.25) is 9.69 Å². The van der Waals surface area contributed by atoms with Crippen LogP contribution in [0.5, 0.6) is 5.75 Å². The van der Waals surface area contributed by atoms with E-state index in [2.05, 4.69) is 4.90 Å². The molecule has 112 valence electrons. The van der Waals surface area contributed by atoms with Gasteiger partial charge in [-0.05, 0) is 38.5 Å². The van der Waals surface area contributed by atoms with Crippen LogP contribution in [0.15, 0.2) is 18.2 Å². The molecular weight excluding hydrogens is 276 g/mol. The number of carbonyl (C=O) groups is 1. The van der Waals surface area contributed by atoms with E-state index in [0.29, 0.717) is 6.61 Å². The fourth-order valence-electron chi connectivity index (χ4n) is 2.47. The number of ether oxygens (including phenoxy) is 1. The Morgan fingerprint density at radius 3 is 2.80 bits per heavy atom. The zero-order valence-corrected chi connectivity index (χ0v) is 12.9. The summed E-state index contributed by atoms with van der Waals surface area (Å²) in [4.78, 5) is 13.8. The zero-order chi connectivity index (χ0) is 13.8. The molecule has 0 saturated carbocycles. The van der Waals surface area contributed by atoms with Crippen molar-refractivity contribution in [3.8, 4) is 5.75 Å². The molecule has 0 radical (unpaired) electrons. The first-order chi connectivity index (χ1) is 9.10. The number of nitrogens with two attached hydrogens (primary N) is 1. The molecule has 1 fully saturated rings. The largest absolute Gasteiger partial charge is 0.494 e. The monoisotopic (exact) mass is 298 g/mol. The summed E-state index contributed by atoms with van der Waals surface area (Å²) in [6, 6.07) is 5.93. The van der Waals surface area contributed by atoms with Crippen molar-refractivity contribution in [2.75, 3.05) is 19.7 Å². The van der Waals surface area contributed by atoms with Gasteiger partial charge in [0, 0.05) is 36.8 Å². The Kier molecular flexibility index (Phi) is 6.46. The topological polar surface area (TPSA) is 55.6 Å². The fraction of sp³-hybridized carbons (Fsp3) is 0.533.